The van der Waals surface area contributed by atoms with E-state index in [2.05, 4.69) is 19.1 Å². The Hall–Kier alpha value is -1.02. The number of para-hydroxylation sites is 1. The van der Waals surface area contributed by atoms with Crippen LogP contribution in [0.4, 0.5) is 0 Å². The van der Waals surface area contributed by atoms with Crippen LogP contribution in [0.5, 0.6) is 5.75 Å². The van der Waals surface area contributed by atoms with Gasteiger partial charge in [-0.2, -0.15) is 0 Å². The summed E-state index contributed by atoms with van der Waals surface area (Å²) in [6.45, 7) is 3.01. The molecule has 2 N–H and O–H groups in total. The molecule has 1 rings (SSSR count). The predicted molar refractivity (Wildman–Crippen MR) is 78.0 cm³/mol. The van der Waals surface area contributed by atoms with E-state index in [-0.39, 0.29) is 0 Å². The first-order valence-corrected chi connectivity index (χ1v) is 7.13. The van der Waals surface area contributed by atoms with Crippen LogP contribution >= 0.6 is 0 Å². The smallest absolute Gasteiger partial charge is 0.122 e. The third-order valence-electron chi connectivity index (χ3n) is 3.50. The average molecular weight is 249 g/mol. The summed E-state index contributed by atoms with van der Waals surface area (Å²) in [7, 11) is 1.73. The van der Waals surface area contributed by atoms with E-state index in [0.717, 1.165) is 18.7 Å². The summed E-state index contributed by atoms with van der Waals surface area (Å²) in [6, 6.07) is 8.26. The quantitative estimate of drug-likeness (QED) is 0.676. The molecule has 1 atom stereocenters. The molecule has 0 aliphatic heterocycles. The van der Waals surface area contributed by atoms with Crippen molar-refractivity contribution in [2.45, 2.75) is 45.4 Å². The van der Waals surface area contributed by atoms with Crippen LogP contribution in [0.1, 0.15) is 44.6 Å². The fourth-order valence-electron chi connectivity index (χ4n) is 2.35. The maximum Gasteiger partial charge on any atom is 0.122 e. The molecule has 0 amide bonds. The monoisotopic (exact) mass is 249 g/mol. The molecule has 1 aromatic carbocycles. The Bertz CT molecular complexity index is 325. The summed E-state index contributed by atoms with van der Waals surface area (Å²) in [5, 5.41) is 0. The van der Waals surface area contributed by atoms with Gasteiger partial charge in [0, 0.05) is 0 Å². The lowest BCUT2D eigenvalue weighted by Gasteiger charge is -2.16. The highest BCUT2D eigenvalue weighted by molar-refractivity contribution is 5.33. The van der Waals surface area contributed by atoms with Gasteiger partial charge in [0.15, 0.2) is 0 Å². The average Bonchev–Trinajstić information content (AvgIpc) is 2.42. The van der Waals surface area contributed by atoms with Crippen molar-refractivity contribution >= 4 is 0 Å². The second kappa shape index (κ2) is 8.98. The summed E-state index contributed by atoms with van der Waals surface area (Å²) in [6.07, 6.45) is 7.52. The molecule has 0 saturated carbocycles. The van der Waals surface area contributed by atoms with Gasteiger partial charge in [0.05, 0.1) is 7.11 Å². The van der Waals surface area contributed by atoms with Crippen LogP contribution in [-0.2, 0) is 6.42 Å². The first-order valence-electron chi connectivity index (χ1n) is 7.13. The Morgan fingerprint density at radius 3 is 2.61 bits per heavy atom. The van der Waals surface area contributed by atoms with Gasteiger partial charge in [0.1, 0.15) is 5.75 Å². The molecular formula is C16H27NO. The van der Waals surface area contributed by atoms with Crippen molar-refractivity contribution in [3.05, 3.63) is 29.8 Å². The number of hydrogen-bond acceptors (Lipinski definition) is 2. The van der Waals surface area contributed by atoms with Crippen molar-refractivity contribution < 1.29 is 4.74 Å². The summed E-state index contributed by atoms with van der Waals surface area (Å²) < 4.78 is 5.39. The van der Waals surface area contributed by atoms with Crippen molar-refractivity contribution in [1.82, 2.24) is 0 Å². The normalized spacial score (nSPS) is 12.4. The van der Waals surface area contributed by atoms with Gasteiger partial charge in [-0.15, -0.1) is 0 Å². The number of rotatable bonds is 9. The second-order valence-electron chi connectivity index (χ2n) is 4.97. The molecule has 0 heterocycles. The van der Waals surface area contributed by atoms with Crippen molar-refractivity contribution in [2.75, 3.05) is 13.7 Å². The van der Waals surface area contributed by atoms with Gasteiger partial charge in [-0.3, -0.25) is 0 Å². The van der Waals surface area contributed by atoms with E-state index >= 15 is 0 Å². The van der Waals surface area contributed by atoms with Crippen molar-refractivity contribution in [3.63, 3.8) is 0 Å². The van der Waals surface area contributed by atoms with E-state index in [9.17, 15) is 0 Å². The van der Waals surface area contributed by atoms with E-state index in [0.29, 0.717) is 5.92 Å². The Balaban J connectivity index is 2.46. The second-order valence-corrected chi connectivity index (χ2v) is 4.97. The van der Waals surface area contributed by atoms with E-state index < -0.39 is 0 Å². The van der Waals surface area contributed by atoms with Crippen LogP contribution in [-0.4, -0.2) is 13.7 Å². The first kappa shape index (κ1) is 15.0. The van der Waals surface area contributed by atoms with E-state index in [4.69, 9.17) is 10.5 Å². The highest BCUT2D eigenvalue weighted by atomic mass is 16.5. The summed E-state index contributed by atoms with van der Waals surface area (Å²) in [4.78, 5) is 0. The largest absolute Gasteiger partial charge is 0.496 e. The summed E-state index contributed by atoms with van der Waals surface area (Å²) in [5.41, 5.74) is 7.17. The summed E-state index contributed by atoms with van der Waals surface area (Å²) >= 11 is 0. The van der Waals surface area contributed by atoms with Gasteiger partial charge in [-0.1, -0.05) is 50.8 Å². The van der Waals surface area contributed by atoms with Gasteiger partial charge in [-0.25, -0.2) is 0 Å². The third kappa shape index (κ3) is 5.09. The third-order valence-corrected chi connectivity index (χ3v) is 3.50. The Kier molecular flexibility index (Phi) is 7.51. The number of benzene rings is 1. The number of unbranched alkanes of at least 4 members (excludes halogenated alkanes) is 3. The first-order chi connectivity index (χ1) is 8.81. The minimum atomic E-state index is 0.582. The van der Waals surface area contributed by atoms with Gasteiger partial charge in [-0.05, 0) is 36.9 Å². The molecule has 0 aliphatic carbocycles. The number of nitrogens with two attached hydrogens (primary N) is 1. The highest BCUT2D eigenvalue weighted by Crippen LogP contribution is 2.23. The molecule has 2 nitrogen and oxygen atoms in total. The van der Waals surface area contributed by atoms with Crippen LogP contribution in [0.2, 0.25) is 0 Å². The van der Waals surface area contributed by atoms with Crippen LogP contribution < -0.4 is 10.5 Å². The van der Waals surface area contributed by atoms with Gasteiger partial charge >= 0.3 is 0 Å². The molecule has 2 heteroatoms. The standard InChI is InChI=1S/C16H27NO/c1-3-4-5-6-9-14(13-17)12-15-10-7-8-11-16(15)18-2/h7-8,10-11,14H,3-6,9,12-13,17H2,1-2H3. The molecule has 0 bridgehead atoms. The Morgan fingerprint density at radius 1 is 1.17 bits per heavy atom. The fraction of sp³-hybridized carbons (Fsp3) is 0.625. The minimum Gasteiger partial charge on any atom is -0.496 e. The summed E-state index contributed by atoms with van der Waals surface area (Å²) in [5.74, 6) is 1.57. The molecule has 0 aliphatic rings. The van der Waals surface area contributed by atoms with Crippen LogP contribution in [0, 0.1) is 5.92 Å². The van der Waals surface area contributed by atoms with Crippen molar-refractivity contribution in [1.29, 1.82) is 0 Å². The maximum atomic E-state index is 5.89. The van der Waals surface area contributed by atoms with Crippen LogP contribution in [0.3, 0.4) is 0 Å². The minimum absolute atomic E-state index is 0.582. The van der Waals surface area contributed by atoms with Crippen LogP contribution in [0.25, 0.3) is 0 Å². The molecule has 1 unspecified atom stereocenters. The maximum absolute atomic E-state index is 5.89. The molecule has 0 spiro atoms. The highest BCUT2D eigenvalue weighted by Gasteiger charge is 2.10. The lowest BCUT2D eigenvalue weighted by Crippen LogP contribution is -2.17. The zero-order valence-electron chi connectivity index (χ0n) is 11.8. The van der Waals surface area contributed by atoms with E-state index in [1.54, 1.807) is 7.11 Å². The molecular weight excluding hydrogens is 222 g/mol. The zero-order chi connectivity index (χ0) is 13.2. The SMILES string of the molecule is CCCCCCC(CN)Cc1ccccc1OC. The van der Waals surface area contributed by atoms with Gasteiger partial charge in [0.2, 0.25) is 0 Å². The molecule has 1 aromatic rings. The molecule has 0 fully saturated rings. The topological polar surface area (TPSA) is 35.2 Å². The van der Waals surface area contributed by atoms with Gasteiger partial charge in [0.25, 0.3) is 0 Å². The Morgan fingerprint density at radius 2 is 1.94 bits per heavy atom. The number of ether oxygens (including phenoxy) is 1. The molecule has 0 saturated heterocycles. The van der Waals surface area contributed by atoms with Gasteiger partial charge < -0.3 is 10.5 Å². The van der Waals surface area contributed by atoms with Crippen molar-refractivity contribution in [2.24, 2.45) is 11.7 Å². The lowest BCUT2D eigenvalue weighted by atomic mass is 9.93. The lowest BCUT2D eigenvalue weighted by molar-refractivity contribution is 0.399. The van der Waals surface area contributed by atoms with E-state index in [1.165, 1.54) is 37.7 Å². The number of methoxy groups -OCH3 is 1. The van der Waals surface area contributed by atoms with Crippen LogP contribution in [0.15, 0.2) is 24.3 Å². The predicted octanol–water partition coefficient (Wildman–Crippen LogP) is 3.78. The molecule has 0 aromatic heterocycles. The van der Waals surface area contributed by atoms with Crippen molar-refractivity contribution in [3.8, 4) is 5.75 Å². The molecule has 0 radical (unpaired) electrons. The number of hydrogen-bond donors (Lipinski definition) is 1. The Labute approximate surface area is 112 Å². The fourth-order valence-corrected chi connectivity index (χ4v) is 2.35. The van der Waals surface area contributed by atoms with E-state index in [1.807, 2.05) is 12.1 Å². The molecule has 18 heavy (non-hydrogen) atoms. The molecule has 102 valence electrons. The zero-order valence-corrected chi connectivity index (χ0v) is 11.8.